The van der Waals surface area contributed by atoms with Crippen molar-refractivity contribution in [2.45, 2.75) is 6.61 Å². The third-order valence-corrected chi connectivity index (χ3v) is 2.97. The Morgan fingerprint density at radius 1 is 1.14 bits per heavy atom. The molecular weight excluding hydrogens is 306 g/mol. The van der Waals surface area contributed by atoms with Gasteiger partial charge in [0.2, 0.25) is 5.24 Å². The van der Waals surface area contributed by atoms with Gasteiger partial charge in [0.25, 0.3) is 5.69 Å². The molecule has 0 unspecified atom stereocenters. The summed E-state index contributed by atoms with van der Waals surface area (Å²) in [7, 11) is 0. The Bertz CT molecular complexity index is 693. The van der Waals surface area contributed by atoms with Crippen molar-refractivity contribution < 1.29 is 14.5 Å². The van der Waals surface area contributed by atoms with Gasteiger partial charge in [0.15, 0.2) is 0 Å². The SMILES string of the molecule is O=C(Cl)/C=C/c1ccc(OCc2ccc([N+](=O)[O-])cc2)cc1. The molecule has 0 radical (unpaired) electrons. The number of rotatable bonds is 6. The second-order valence-electron chi connectivity index (χ2n) is 4.42. The summed E-state index contributed by atoms with van der Waals surface area (Å²) in [5, 5.41) is 10.0. The Morgan fingerprint density at radius 3 is 2.32 bits per heavy atom. The highest BCUT2D eigenvalue weighted by Gasteiger charge is 2.04. The molecule has 0 amide bonds. The van der Waals surface area contributed by atoms with Crippen LogP contribution in [0, 0.1) is 10.1 Å². The third kappa shape index (κ3) is 4.71. The molecule has 0 saturated carbocycles. The zero-order chi connectivity index (χ0) is 15.9. The predicted octanol–water partition coefficient (Wildman–Crippen LogP) is 3.95. The van der Waals surface area contributed by atoms with Crippen LogP contribution in [0.25, 0.3) is 6.08 Å². The van der Waals surface area contributed by atoms with Crippen LogP contribution in [0.5, 0.6) is 5.75 Å². The molecule has 2 aromatic rings. The second-order valence-corrected chi connectivity index (χ2v) is 4.79. The molecule has 2 rings (SSSR count). The number of nitrogens with zero attached hydrogens (tertiary/aromatic N) is 1. The molecule has 0 spiro atoms. The molecule has 0 aromatic heterocycles. The Hall–Kier alpha value is -2.66. The normalized spacial score (nSPS) is 10.6. The van der Waals surface area contributed by atoms with Gasteiger partial charge in [-0.3, -0.25) is 14.9 Å². The monoisotopic (exact) mass is 317 g/mol. The molecule has 0 atom stereocenters. The Labute approximate surface area is 131 Å². The van der Waals surface area contributed by atoms with Crippen LogP contribution < -0.4 is 4.74 Å². The zero-order valence-electron chi connectivity index (χ0n) is 11.4. The lowest BCUT2D eigenvalue weighted by Gasteiger charge is -2.06. The number of carbonyl (C=O) groups is 1. The van der Waals surface area contributed by atoms with Gasteiger partial charge in [0.1, 0.15) is 12.4 Å². The largest absolute Gasteiger partial charge is 0.489 e. The number of carbonyl (C=O) groups excluding carboxylic acids is 1. The van der Waals surface area contributed by atoms with E-state index in [-0.39, 0.29) is 5.69 Å². The van der Waals surface area contributed by atoms with Gasteiger partial charge >= 0.3 is 0 Å². The summed E-state index contributed by atoms with van der Waals surface area (Å²) in [6.07, 6.45) is 2.88. The number of nitro groups is 1. The van der Waals surface area contributed by atoms with Gasteiger partial charge in [0, 0.05) is 12.1 Å². The number of halogens is 1. The Balaban J connectivity index is 1.94. The van der Waals surface area contributed by atoms with Crippen molar-refractivity contribution in [1.29, 1.82) is 0 Å². The highest BCUT2D eigenvalue weighted by Crippen LogP contribution is 2.17. The summed E-state index contributed by atoms with van der Waals surface area (Å²) >= 11 is 5.21. The standard InChI is InChI=1S/C16H12ClNO4/c17-16(19)10-5-12-3-8-15(9-4-12)22-11-13-1-6-14(7-2-13)18(20)21/h1-10H,11H2/b10-5+. The summed E-state index contributed by atoms with van der Waals surface area (Å²) < 4.78 is 5.59. The average Bonchev–Trinajstić information content (AvgIpc) is 2.52. The maximum absolute atomic E-state index is 10.6. The fourth-order valence-electron chi connectivity index (χ4n) is 1.72. The lowest BCUT2D eigenvalue weighted by molar-refractivity contribution is -0.384. The first kappa shape index (κ1) is 15.7. The minimum atomic E-state index is -0.529. The van der Waals surface area contributed by atoms with E-state index in [9.17, 15) is 14.9 Å². The van der Waals surface area contributed by atoms with Crippen molar-refractivity contribution in [2.24, 2.45) is 0 Å². The van der Waals surface area contributed by atoms with E-state index in [1.807, 2.05) is 0 Å². The molecule has 0 heterocycles. The molecule has 0 aliphatic heterocycles. The van der Waals surface area contributed by atoms with Crippen molar-refractivity contribution >= 4 is 28.6 Å². The Kier molecular flexibility index (Phi) is 5.27. The number of ether oxygens (including phenoxy) is 1. The highest BCUT2D eigenvalue weighted by atomic mass is 35.5. The number of nitro benzene ring substituents is 1. The van der Waals surface area contributed by atoms with Crippen LogP contribution in [0.3, 0.4) is 0 Å². The van der Waals surface area contributed by atoms with Crippen molar-refractivity contribution in [3.8, 4) is 5.75 Å². The zero-order valence-corrected chi connectivity index (χ0v) is 12.2. The van der Waals surface area contributed by atoms with Crippen LogP contribution in [-0.2, 0) is 11.4 Å². The van der Waals surface area contributed by atoms with Crippen LogP contribution in [0.1, 0.15) is 11.1 Å². The maximum Gasteiger partial charge on any atom is 0.269 e. The molecule has 6 heteroatoms. The molecule has 0 bridgehead atoms. The van der Waals surface area contributed by atoms with Crippen molar-refractivity contribution in [2.75, 3.05) is 0 Å². The maximum atomic E-state index is 10.6. The first-order valence-electron chi connectivity index (χ1n) is 6.38. The Morgan fingerprint density at radius 2 is 1.77 bits per heavy atom. The van der Waals surface area contributed by atoms with E-state index in [0.717, 1.165) is 11.1 Å². The number of hydrogen-bond donors (Lipinski definition) is 0. The average molecular weight is 318 g/mol. The molecule has 0 aliphatic carbocycles. The summed E-state index contributed by atoms with van der Waals surface area (Å²) in [4.78, 5) is 20.7. The van der Waals surface area contributed by atoms with Gasteiger partial charge < -0.3 is 4.74 Å². The number of non-ortho nitro benzene ring substituents is 1. The smallest absolute Gasteiger partial charge is 0.269 e. The molecular formula is C16H12ClNO4. The van der Waals surface area contributed by atoms with Gasteiger partial charge in [-0.1, -0.05) is 18.2 Å². The van der Waals surface area contributed by atoms with Crippen LogP contribution in [0.4, 0.5) is 5.69 Å². The fraction of sp³-hybridized carbons (Fsp3) is 0.0625. The van der Waals surface area contributed by atoms with E-state index < -0.39 is 10.2 Å². The summed E-state index contributed by atoms with van der Waals surface area (Å²) in [5.74, 6) is 0.660. The second kappa shape index (κ2) is 7.38. The number of hydrogen-bond acceptors (Lipinski definition) is 4. The minimum absolute atomic E-state index is 0.0497. The molecule has 0 fully saturated rings. The van der Waals surface area contributed by atoms with Gasteiger partial charge in [-0.05, 0) is 53.1 Å². The summed E-state index contributed by atoms with van der Waals surface area (Å²) in [6.45, 7) is 0.313. The third-order valence-electron chi connectivity index (χ3n) is 2.84. The van der Waals surface area contributed by atoms with Crippen LogP contribution in [0.15, 0.2) is 54.6 Å². The van der Waals surface area contributed by atoms with E-state index in [2.05, 4.69) is 0 Å². The number of benzene rings is 2. The first-order valence-corrected chi connectivity index (χ1v) is 6.76. The van der Waals surface area contributed by atoms with Crippen molar-refractivity contribution in [3.05, 3.63) is 75.8 Å². The van der Waals surface area contributed by atoms with E-state index in [1.165, 1.54) is 18.2 Å². The highest BCUT2D eigenvalue weighted by molar-refractivity contribution is 6.66. The molecule has 112 valence electrons. The van der Waals surface area contributed by atoms with E-state index >= 15 is 0 Å². The lowest BCUT2D eigenvalue weighted by Crippen LogP contribution is -1.96. The van der Waals surface area contributed by atoms with Crippen molar-refractivity contribution in [1.82, 2.24) is 0 Å². The number of allylic oxidation sites excluding steroid dienone is 1. The fourth-order valence-corrected chi connectivity index (χ4v) is 1.78. The molecule has 0 N–H and O–H groups in total. The molecule has 22 heavy (non-hydrogen) atoms. The summed E-state index contributed by atoms with van der Waals surface area (Å²) in [6, 6.07) is 13.3. The van der Waals surface area contributed by atoms with Gasteiger partial charge in [-0.15, -0.1) is 0 Å². The van der Waals surface area contributed by atoms with Crippen LogP contribution >= 0.6 is 11.6 Å². The van der Waals surface area contributed by atoms with Gasteiger partial charge in [0.05, 0.1) is 4.92 Å². The van der Waals surface area contributed by atoms with E-state index in [1.54, 1.807) is 42.5 Å². The molecule has 5 nitrogen and oxygen atoms in total. The molecule has 0 aliphatic rings. The first-order chi connectivity index (χ1) is 10.5. The molecule has 2 aromatic carbocycles. The quantitative estimate of drug-likeness (QED) is 0.350. The van der Waals surface area contributed by atoms with Gasteiger partial charge in [-0.2, -0.15) is 0 Å². The van der Waals surface area contributed by atoms with Crippen LogP contribution in [0.2, 0.25) is 0 Å². The summed E-state index contributed by atoms with van der Waals surface area (Å²) in [5.41, 5.74) is 1.72. The lowest BCUT2D eigenvalue weighted by atomic mass is 10.2. The topological polar surface area (TPSA) is 69.4 Å². The van der Waals surface area contributed by atoms with E-state index in [4.69, 9.17) is 16.3 Å². The minimum Gasteiger partial charge on any atom is -0.489 e. The van der Waals surface area contributed by atoms with Crippen molar-refractivity contribution in [3.63, 3.8) is 0 Å². The van der Waals surface area contributed by atoms with Crippen LogP contribution in [-0.4, -0.2) is 10.2 Å². The molecule has 0 saturated heterocycles. The van der Waals surface area contributed by atoms with E-state index in [0.29, 0.717) is 12.4 Å². The van der Waals surface area contributed by atoms with Gasteiger partial charge in [-0.25, -0.2) is 0 Å². The predicted molar refractivity (Wildman–Crippen MR) is 83.8 cm³/mol.